The maximum Gasteiger partial charge on any atom is 0.148 e. The van der Waals surface area contributed by atoms with Gasteiger partial charge in [-0.2, -0.15) is 0 Å². The molecule has 0 radical (unpaired) electrons. The highest BCUT2D eigenvalue weighted by atomic mass is 79.9. The maximum absolute atomic E-state index is 5.71. The second-order valence-electron chi connectivity index (χ2n) is 5.14. The summed E-state index contributed by atoms with van der Waals surface area (Å²) in [5.74, 6) is 0.731. The van der Waals surface area contributed by atoms with E-state index in [9.17, 15) is 0 Å². The quantitative estimate of drug-likeness (QED) is 0.806. The molecular weight excluding hydrogens is 308 g/mol. The molecule has 0 atom stereocenters. The van der Waals surface area contributed by atoms with Crippen molar-refractivity contribution in [2.24, 2.45) is 0 Å². The Bertz CT molecular complexity index is 567. The first-order valence-corrected chi connectivity index (χ1v) is 6.92. The summed E-state index contributed by atoms with van der Waals surface area (Å²) in [5, 5.41) is 0. The van der Waals surface area contributed by atoms with Gasteiger partial charge in [0.15, 0.2) is 0 Å². The van der Waals surface area contributed by atoms with E-state index in [2.05, 4.69) is 25.9 Å². The molecule has 2 rings (SSSR count). The molecule has 2 aromatic rings. The van der Waals surface area contributed by atoms with Gasteiger partial charge in [-0.3, -0.25) is 4.98 Å². The van der Waals surface area contributed by atoms with Gasteiger partial charge in [-0.05, 0) is 42.8 Å². The van der Waals surface area contributed by atoms with Gasteiger partial charge >= 0.3 is 0 Å². The molecule has 0 saturated heterocycles. The van der Waals surface area contributed by atoms with Crippen LogP contribution in [0.5, 0.6) is 5.75 Å². The average molecular weight is 325 g/mol. The minimum absolute atomic E-state index is 0.146. The Kier molecular flexibility index (Phi) is 4.37. The van der Waals surface area contributed by atoms with Crippen LogP contribution in [-0.4, -0.2) is 28.8 Å². The Hall–Kier alpha value is -1.20. The number of hydrogen-bond acceptors (Lipinski definition) is 4. The second kappa shape index (κ2) is 5.84. The molecule has 0 aliphatic carbocycles. The molecule has 0 bridgehead atoms. The van der Waals surface area contributed by atoms with E-state index < -0.39 is 0 Å². The van der Waals surface area contributed by atoms with E-state index >= 15 is 0 Å². The lowest BCUT2D eigenvalue weighted by atomic mass is 10.2. The third kappa shape index (κ3) is 4.14. The lowest BCUT2D eigenvalue weighted by Gasteiger charge is -2.19. The van der Waals surface area contributed by atoms with Gasteiger partial charge in [-0.15, -0.1) is 0 Å². The number of aromatic nitrogens is 2. The Balaban J connectivity index is 2.05. The molecular formula is C14H17BrN2O2. The van der Waals surface area contributed by atoms with E-state index in [4.69, 9.17) is 9.47 Å². The first-order chi connectivity index (χ1) is 8.96. The Morgan fingerprint density at radius 2 is 2.00 bits per heavy atom. The van der Waals surface area contributed by atoms with Crippen molar-refractivity contribution in [2.75, 3.05) is 13.2 Å². The summed E-state index contributed by atoms with van der Waals surface area (Å²) in [7, 11) is 0. The Morgan fingerprint density at radius 3 is 2.74 bits per heavy atom. The topological polar surface area (TPSA) is 44.2 Å². The van der Waals surface area contributed by atoms with E-state index in [1.165, 1.54) is 0 Å². The molecule has 0 amide bonds. The van der Waals surface area contributed by atoms with Crippen LogP contribution in [0.3, 0.4) is 0 Å². The van der Waals surface area contributed by atoms with Crippen molar-refractivity contribution in [2.45, 2.75) is 26.4 Å². The highest BCUT2D eigenvalue weighted by molar-refractivity contribution is 9.10. The molecule has 19 heavy (non-hydrogen) atoms. The van der Waals surface area contributed by atoms with E-state index in [1.54, 1.807) is 12.4 Å². The van der Waals surface area contributed by atoms with Gasteiger partial charge in [0.25, 0.3) is 0 Å². The molecule has 5 heteroatoms. The van der Waals surface area contributed by atoms with Crippen molar-refractivity contribution >= 4 is 27.0 Å². The van der Waals surface area contributed by atoms with Crippen molar-refractivity contribution in [3.05, 3.63) is 29.0 Å². The Labute approximate surface area is 121 Å². The highest BCUT2D eigenvalue weighted by Crippen LogP contribution is 2.23. The van der Waals surface area contributed by atoms with Crippen LogP contribution in [0.2, 0.25) is 0 Å². The van der Waals surface area contributed by atoms with Crippen LogP contribution in [0, 0.1) is 0 Å². The molecule has 0 aromatic carbocycles. The summed E-state index contributed by atoms with van der Waals surface area (Å²) >= 11 is 3.38. The van der Waals surface area contributed by atoms with E-state index in [0.29, 0.717) is 13.2 Å². The zero-order valence-corrected chi connectivity index (χ0v) is 12.9. The fourth-order valence-electron chi connectivity index (χ4n) is 1.60. The number of fused-ring (bicyclic) bond motifs is 1. The van der Waals surface area contributed by atoms with Gasteiger partial charge in [-0.25, -0.2) is 4.98 Å². The summed E-state index contributed by atoms with van der Waals surface area (Å²) in [5.41, 5.74) is 1.43. The number of hydrogen-bond donors (Lipinski definition) is 0. The van der Waals surface area contributed by atoms with Crippen molar-refractivity contribution in [3.8, 4) is 5.75 Å². The number of ether oxygens (including phenoxy) is 2. The summed E-state index contributed by atoms with van der Waals surface area (Å²) in [6, 6.07) is 3.74. The SMILES string of the molecule is CC(C)(C)OCCOc1ccnc2cc(Br)cnc12. The third-order valence-electron chi connectivity index (χ3n) is 2.38. The fourth-order valence-corrected chi connectivity index (χ4v) is 1.92. The molecule has 102 valence electrons. The van der Waals surface area contributed by atoms with Crippen LogP contribution < -0.4 is 4.74 Å². The molecule has 0 saturated carbocycles. The average Bonchev–Trinajstić information content (AvgIpc) is 2.33. The Morgan fingerprint density at radius 1 is 1.21 bits per heavy atom. The molecule has 0 spiro atoms. The number of pyridine rings is 2. The number of nitrogens with zero attached hydrogens (tertiary/aromatic N) is 2. The van der Waals surface area contributed by atoms with Gasteiger partial charge in [-0.1, -0.05) is 0 Å². The van der Waals surface area contributed by atoms with E-state index in [-0.39, 0.29) is 5.60 Å². The van der Waals surface area contributed by atoms with E-state index in [0.717, 1.165) is 21.3 Å². The normalized spacial score (nSPS) is 11.8. The first kappa shape index (κ1) is 14.2. The zero-order valence-electron chi connectivity index (χ0n) is 11.3. The highest BCUT2D eigenvalue weighted by Gasteiger charge is 2.10. The monoisotopic (exact) mass is 324 g/mol. The van der Waals surface area contributed by atoms with Crippen LogP contribution >= 0.6 is 15.9 Å². The van der Waals surface area contributed by atoms with Gasteiger partial charge in [0.05, 0.1) is 17.7 Å². The zero-order chi connectivity index (χ0) is 13.9. The predicted octanol–water partition coefficient (Wildman–Crippen LogP) is 3.59. The summed E-state index contributed by atoms with van der Waals surface area (Å²) in [6.45, 7) is 7.10. The predicted molar refractivity (Wildman–Crippen MR) is 78.4 cm³/mol. The molecule has 4 nitrogen and oxygen atoms in total. The van der Waals surface area contributed by atoms with Crippen LogP contribution in [0.4, 0.5) is 0 Å². The lowest BCUT2D eigenvalue weighted by Crippen LogP contribution is -2.22. The van der Waals surface area contributed by atoms with Crippen LogP contribution in [-0.2, 0) is 4.74 Å². The summed E-state index contributed by atoms with van der Waals surface area (Å²) < 4.78 is 12.2. The number of halogens is 1. The summed E-state index contributed by atoms with van der Waals surface area (Å²) in [6.07, 6.45) is 3.46. The van der Waals surface area contributed by atoms with Crippen LogP contribution in [0.15, 0.2) is 29.0 Å². The van der Waals surface area contributed by atoms with Crippen molar-refractivity contribution in [1.29, 1.82) is 0 Å². The lowest BCUT2D eigenvalue weighted by molar-refractivity contribution is -0.0161. The molecule has 0 unspecified atom stereocenters. The first-order valence-electron chi connectivity index (χ1n) is 6.13. The fraction of sp³-hybridized carbons (Fsp3) is 0.429. The van der Waals surface area contributed by atoms with Crippen molar-refractivity contribution in [3.63, 3.8) is 0 Å². The standard InChI is InChI=1S/C14H17BrN2O2/c1-14(2,3)19-7-6-18-12-4-5-16-11-8-10(15)9-17-13(11)12/h4-5,8-9H,6-7H2,1-3H3. The molecule has 0 fully saturated rings. The minimum Gasteiger partial charge on any atom is -0.489 e. The second-order valence-corrected chi connectivity index (χ2v) is 6.06. The van der Waals surface area contributed by atoms with Crippen molar-refractivity contribution < 1.29 is 9.47 Å². The van der Waals surface area contributed by atoms with Gasteiger partial charge in [0.2, 0.25) is 0 Å². The molecule has 0 N–H and O–H groups in total. The maximum atomic E-state index is 5.71. The smallest absolute Gasteiger partial charge is 0.148 e. The summed E-state index contributed by atoms with van der Waals surface area (Å²) in [4.78, 5) is 8.60. The van der Waals surface area contributed by atoms with Gasteiger partial charge < -0.3 is 9.47 Å². The minimum atomic E-state index is -0.146. The van der Waals surface area contributed by atoms with Gasteiger partial charge in [0, 0.05) is 22.9 Å². The largest absolute Gasteiger partial charge is 0.489 e. The molecule has 2 aromatic heterocycles. The van der Waals surface area contributed by atoms with E-state index in [1.807, 2.05) is 32.9 Å². The van der Waals surface area contributed by atoms with Crippen molar-refractivity contribution in [1.82, 2.24) is 9.97 Å². The van der Waals surface area contributed by atoms with Crippen LogP contribution in [0.1, 0.15) is 20.8 Å². The molecule has 2 heterocycles. The number of rotatable bonds is 4. The molecule has 0 aliphatic heterocycles. The van der Waals surface area contributed by atoms with Gasteiger partial charge in [0.1, 0.15) is 17.9 Å². The molecule has 0 aliphatic rings. The van der Waals surface area contributed by atoms with Crippen LogP contribution in [0.25, 0.3) is 11.0 Å². The third-order valence-corrected chi connectivity index (χ3v) is 2.82.